The molecule has 1 aliphatic rings. The molecule has 6 nitrogen and oxygen atoms in total. The van der Waals surface area contributed by atoms with Gasteiger partial charge in [0, 0.05) is 7.05 Å². The van der Waals surface area contributed by atoms with E-state index in [1.165, 1.54) is 0 Å². The van der Waals surface area contributed by atoms with Crippen LogP contribution >= 0.6 is 0 Å². The summed E-state index contributed by atoms with van der Waals surface area (Å²) in [6, 6.07) is 0. The molecule has 66 valence electrons. The van der Waals surface area contributed by atoms with Gasteiger partial charge in [-0.3, -0.25) is 4.79 Å². The van der Waals surface area contributed by atoms with E-state index in [9.17, 15) is 24.6 Å². The Morgan fingerprint density at radius 2 is 1.83 bits per heavy atom. The maximum atomic E-state index is 10.6. The first kappa shape index (κ1) is 8.51. The fourth-order valence-electron chi connectivity index (χ4n) is 1.08. The molecule has 0 radical (unpaired) electrons. The van der Waals surface area contributed by atoms with Crippen molar-refractivity contribution >= 4 is 17.8 Å². The number of aliphatic carboxylic acids is 2. The maximum Gasteiger partial charge on any atom is 0.226 e. The third-order valence-corrected chi connectivity index (χ3v) is 2.03. The minimum Gasteiger partial charge on any atom is -0.547 e. The molecule has 0 bridgehead atoms. The fourth-order valence-corrected chi connectivity index (χ4v) is 1.08. The molecule has 0 N–H and O–H groups in total. The van der Waals surface area contributed by atoms with E-state index >= 15 is 0 Å². The minimum atomic E-state index is -2.25. The fraction of sp³-hybridized carbons (Fsp3) is 0.500. The van der Waals surface area contributed by atoms with Gasteiger partial charge in [-0.1, -0.05) is 0 Å². The monoisotopic (exact) mass is 171 g/mol. The van der Waals surface area contributed by atoms with E-state index in [0.717, 1.165) is 7.05 Å². The molecular formula is C6H5NO5-2. The molecule has 1 heterocycles. The molecule has 1 saturated heterocycles. The summed E-state index contributed by atoms with van der Waals surface area (Å²) in [5.74, 6) is -4.18. The van der Waals surface area contributed by atoms with Crippen molar-refractivity contribution in [1.29, 1.82) is 0 Å². The van der Waals surface area contributed by atoms with Gasteiger partial charge in [-0.15, -0.1) is 0 Å². The second-order valence-corrected chi connectivity index (χ2v) is 2.56. The topological polar surface area (TPSA) is 101 Å². The Labute approximate surface area is 67.4 Å². The lowest BCUT2D eigenvalue weighted by molar-refractivity contribution is -0.345. The van der Waals surface area contributed by atoms with Crippen molar-refractivity contribution < 1.29 is 24.6 Å². The quantitative estimate of drug-likeness (QED) is 0.312. The van der Waals surface area contributed by atoms with Crippen LogP contribution in [0, 0.1) is 0 Å². The second kappa shape index (κ2) is 2.20. The summed E-state index contributed by atoms with van der Waals surface area (Å²) >= 11 is 0. The Morgan fingerprint density at radius 3 is 1.92 bits per heavy atom. The summed E-state index contributed by atoms with van der Waals surface area (Å²) in [7, 11) is 1.08. The summed E-state index contributed by atoms with van der Waals surface area (Å²) in [6.07, 6.45) is -0.589. The Balaban J connectivity index is 3.00. The molecule has 1 rings (SSSR count). The van der Waals surface area contributed by atoms with Crippen LogP contribution in [-0.2, 0) is 14.4 Å². The summed E-state index contributed by atoms with van der Waals surface area (Å²) < 4.78 is 0. The van der Waals surface area contributed by atoms with Crippen molar-refractivity contribution in [2.45, 2.75) is 12.0 Å². The summed E-state index contributed by atoms with van der Waals surface area (Å²) in [6.45, 7) is 0. The van der Waals surface area contributed by atoms with Gasteiger partial charge in [0.05, 0.1) is 18.4 Å². The lowest BCUT2D eigenvalue weighted by atomic mass is 9.85. The predicted octanol–water partition coefficient (Wildman–Crippen LogP) is -3.91. The summed E-state index contributed by atoms with van der Waals surface area (Å²) in [4.78, 5) is 31.9. The number of likely N-dealkylation sites (N-methyl/N-ethyl adjacent to an activating group) is 1. The molecule has 0 aliphatic carbocycles. The van der Waals surface area contributed by atoms with Gasteiger partial charge in [-0.2, -0.15) is 0 Å². The van der Waals surface area contributed by atoms with Gasteiger partial charge in [0.25, 0.3) is 0 Å². The average Bonchev–Trinajstić information content (AvgIpc) is 1.97. The number of hydrogen-bond acceptors (Lipinski definition) is 5. The Hall–Kier alpha value is -1.59. The predicted molar refractivity (Wildman–Crippen MR) is 30.1 cm³/mol. The zero-order valence-electron chi connectivity index (χ0n) is 6.20. The van der Waals surface area contributed by atoms with Crippen LogP contribution in [-0.4, -0.2) is 35.3 Å². The van der Waals surface area contributed by atoms with Crippen molar-refractivity contribution in [3.63, 3.8) is 0 Å². The highest BCUT2D eigenvalue weighted by atomic mass is 16.4. The van der Waals surface area contributed by atoms with Gasteiger partial charge in [0.15, 0.2) is 0 Å². The van der Waals surface area contributed by atoms with Crippen molar-refractivity contribution in [1.82, 2.24) is 4.90 Å². The highest BCUT2D eigenvalue weighted by molar-refractivity contribution is 6.12. The van der Waals surface area contributed by atoms with E-state index in [0.29, 0.717) is 4.90 Å². The smallest absolute Gasteiger partial charge is 0.226 e. The zero-order valence-corrected chi connectivity index (χ0v) is 6.20. The number of carboxylic acids is 2. The van der Waals surface area contributed by atoms with Gasteiger partial charge in [0.2, 0.25) is 5.91 Å². The van der Waals surface area contributed by atoms with E-state index < -0.39 is 29.8 Å². The number of hydrogen-bond donors (Lipinski definition) is 0. The number of nitrogens with zero attached hydrogens (tertiary/aromatic N) is 1. The zero-order chi connectivity index (χ0) is 9.52. The van der Waals surface area contributed by atoms with Crippen LogP contribution in [0.2, 0.25) is 0 Å². The number of carbonyl (C=O) groups excluding carboxylic acids is 3. The standard InChI is InChI=1S/C6H7NO5/c1-7-3(8)2-6(7,4(9)10)5(11)12/h2H2,1H3,(H,9,10)(H,11,12)/p-2. The molecule has 0 saturated carbocycles. The molecule has 0 aromatic heterocycles. The van der Waals surface area contributed by atoms with E-state index in [2.05, 4.69) is 0 Å². The minimum absolute atomic E-state index is 0.552. The third kappa shape index (κ3) is 0.715. The summed E-state index contributed by atoms with van der Waals surface area (Å²) in [5, 5.41) is 20.8. The van der Waals surface area contributed by atoms with E-state index in [-0.39, 0.29) is 0 Å². The van der Waals surface area contributed by atoms with Crippen LogP contribution in [0.25, 0.3) is 0 Å². The van der Waals surface area contributed by atoms with Crippen molar-refractivity contribution in [3.8, 4) is 0 Å². The molecule has 6 heteroatoms. The lowest BCUT2D eigenvalue weighted by Crippen LogP contribution is -2.76. The van der Waals surface area contributed by atoms with Crippen molar-refractivity contribution in [3.05, 3.63) is 0 Å². The van der Waals surface area contributed by atoms with Gasteiger partial charge >= 0.3 is 0 Å². The highest BCUT2D eigenvalue weighted by Crippen LogP contribution is 2.28. The van der Waals surface area contributed by atoms with Gasteiger partial charge in [0.1, 0.15) is 5.54 Å². The lowest BCUT2D eigenvalue weighted by Gasteiger charge is -2.50. The number of carboxylic acid groups (broad SMARTS) is 2. The van der Waals surface area contributed by atoms with Crippen LogP contribution in [0.1, 0.15) is 6.42 Å². The van der Waals surface area contributed by atoms with Crippen LogP contribution in [0.15, 0.2) is 0 Å². The first-order valence-electron chi connectivity index (χ1n) is 3.12. The summed E-state index contributed by atoms with van der Waals surface area (Å²) in [5.41, 5.74) is -2.25. The van der Waals surface area contributed by atoms with Gasteiger partial charge in [-0.25, -0.2) is 0 Å². The number of carbonyl (C=O) groups is 3. The molecule has 12 heavy (non-hydrogen) atoms. The molecule has 0 spiro atoms. The van der Waals surface area contributed by atoms with Gasteiger partial charge < -0.3 is 24.7 Å². The highest BCUT2D eigenvalue weighted by Gasteiger charge is 2.51. The number of rotatable bonds is 2. The second-order valence-electron chi connectivity index (χ2n) is 2.56. The number of amides is 1. The molecule has 0 atom stereocenters. The van der Waals surface area contributed by atoms with E-state index in [1.54, 1.807) is 0 Å². The number of β-lactam (4-membered cyclic amide) rings is 1. The number of likely N-dealkylation sites (tertiary alicyclic amines) is 1. The first-order valence-corrected chi connectivity index (χ1v) is 3.12. The molecule has 1 fully saturated rings. The van der Waals surface area contributed by atoms with Crippen LogP contribution < -0.4 is 10.2 Å². The van der Waals surface area contributed by atoms with Crippen molar-refractivity contribution in [2.24, 2.45) is 0 Å². The molecular weight excluding hydrogens is 166 g/mol. The van der Waals surface area contributed by atoms with Crippen LogP contribution in [0.5, 0.6) is 0 Å². The van der Waals surface area contributed by atoms with Gasteiger partial charge in [-0.05, 0) is 0 Å². The van der Waals surface area contributed by atoms with E-state index in [1.807, 2.05) is 0 Å². The Morgan fingerprint density at radius 1 is 1.42 bits per heavy atom. The Bertz CT molecular complexity index is 257. The largest absolute Gasteiger partial charge is 0.547 e. The average molecular weight is 171 g/mol. The molecule has 0 aromatic rings. The van der Waals surface area contributed by atoms with E-state index in [4.69, 9.17) is 0 Å². The SMILES string of the molecule is CN1C(=O)CC1(C(=O)[O-])C(=O)[O-]. The van der Waals surface area contributed by atoms with Crippen molar-refractivity contribution in [2.75, 3.05) is 7.05 Å². The van der Waals surface area contributed by atoms with Crippen LogP contribution in [0.4, 0.5) is 0 Å². The molecule has 0 aromatic carbocycles. The third-order valence-electron chi connectivity index (χ3n) is 2.03. The molecule has 1 aliphatic heterocycles. The first-order chi connectivity index (χ1) is 5.43. The maximum absolute atomic E-state index is 10.6. The van der Waals surface area contributed by atoms with Crippen LogP contribution in [0.3, 0.4) is 0 Å². The molecule has 1 amide bonds. The normalized spacial score (nSPS) is 20.1. The molecule has 0 unspecified atom stereocenters. The Kier molecular flexibility index (Phi) is 1.56.